The molecule has 0 unspecified atom stereocenters. The van der Waals surface area contributed by atoms with Crippen molar-refractivity contribution in [1.29, 1.82) is 0 Å². The number of carbonyl (C=O) groups is 3. The number of hydrogen-bond donors (Lipinski definition) is 2. The molecule has 5 rings (SSSR count). The van der Waals surface area contributed by atoms with Gasteiger partial charge in [-0.15, -0.1) is 0 Å². The lowest BCUT2D eigenvalue weighted by molar-refractivity contribution is 0.0734. The molecule has 2 fully saturated rings. The van der Waals surface area contributed by atoms with E-state index < -0.39 is 0 Å². The van der Waals surface area contributed by atoms with Crippen molar-refractivity contribution in [3.05, 3.63) is 89.7 Å². The third-order valence-electron chi connectivity index (χ3n) is 6.96. The normalized spacial score (nSPS) is 16.1. The maximum atomic E-state index is 13.2. The molecule has 2 N–H and O–H groups in total. The van der Waals surface area contributed by atoms with Gasteiger partial charge in [-0.25, -0.2) is 0 Å². The standard InChI is InChI=1S/C29H32N6O3/c36-27(22-6-2-1-3-7-22)32-25-20-23(28(37)35-16-12-30-13-17-35)9-10-26(25)33-14-5-15-34(19-18-33)29(38)24-8-4-11-31-21-24/h1-4,6-11,20-21,30H,5,12-19H2,(H,32,36). The number of nitrogens with one attached hydrogen (secondary N) is 2. The number of piperazine rings is 1. The number of amides is 3. The SMILES string of the molecule is O=C(Nc1cc(C(=O)N2CCNCC2)ccc1N1CCCN(C(=O)c2cccnc2)CC1)c1ccccc1. The predicted octanol–water partition coefficient (Wildman–Crippen LogP) is 2.73. The van der Waals surface area contributed by atoms with E-state index in [1.807, 2.05) is 40.1 Å². The zero-order valence-corrected chi connectivity index (χ0v) is 21.3. The monoisotopic (exact) mass is 512 g/mol. The Kier molecular flexibility index (Phi) is 7.94. The van der Waals surface area contributed by atoms with Crippen molar-refractivity contribution in [3.8, 4) is 0 Å². The van der Waals surface area contributed by atoms with Crippen molar-refractivity contribution in [1.82, 2.24) is 20.1 Å². The van der Waals surface area contributed by atoms with Crippen LogP contribution in [0, 0.1) is 0 Å². The largest absolute Gasteiger partial charge is 0.368 e. The van der Waals surface area contributed by atoms with Gasteiger partial charge in [0.25, 0.3) is 17.7 Å². The maximum absolute atomic E-state index is 13.2. The molecule has 2 aliphatic rings. The van der Waals surface area contributed by atoms with E-state index in [2.05, 4.69) is 20.5 Å². The first-order valence-corrected chi connectivity index (χ1v) is 13.0. The van der Waals surface area contributed by atoms with Crippen LogP contribution in [0.5, 0.6) is 0 Å². The van der Waals surface area contributed by atoms with Crippen molar-refractivity contribution in [2.45, 2.75) is 6.42 Å². The first-order valence-electron chi connectivity index (χ1n) is 13.0. The molecular weight excluding hydrogens is 480 g/mol. The average Bonchev–Trinajstić information content (AvgIpc) is 3.24. The lowest BCUT2D eigenvalue weighted by atomic mass is 10.1. The summed E-state index contributed by atoms with van der Waals surface area (Å²) in [7, 11) is 0. The molecule has 9 nitrogen and oxygen atoms in total. The van der Waals surface area contributed by atoms with Gasteiger partial charge in [-0.2, -0.15) is 0 Å². The zero-order chi connectivity index (χ0) is 26.3. The number of anilines is 2. The quantitative estimate of drug-likeness (QED) is 0.546. The van der Waals surface area contributed by atoms with E-state index in [4.69, 9.17) is 0 Å². The molecule has 196 valence electrons. The molecule has 0 radical (unpaired) electrons. The van der Waals surface area contributed by atoms with Crippen molar-refractivity contribution in [3.63, 3.8) is 0 Å². The highest BCUT2D eigenvalue weighted by atomic mass is 16.2. The minimum Gasteiger partial charge on any atom is -0.368 e. The summed E-state index contributed by atoms with van der Waals surface area (Å²) in [6, 6.07) is 18.1. The van der Waals surface area contributed by atoms with E-state index in [1.165, 1.54) is 0 Å². The Morgan fingerprint density at radius 3 is 2.24 bits per heavy atom. The van der Waals surface area contributed by atoms with Gasteiger partial charge in [0.1, 0.15) is 0 Å². The van der Waals surface area contributed by atoms with E-state index in [0.717, 1.165) is 31.7 Å². The lowest BCUT2D eigenvalue weighted by Gasteiger charge is -2.29. The van der Waals surface area contributed by atoms with Crippen molar-refractivity contribution >= 4 is 29.1 Å². The molecule has 1 aromatic heterocycles. The summed E-state index contributed by atoms with van der Waals surface area (Å²) >= 11 is 0. The second kappa shape index (κ2) is 11.9. The second-order valence-electron chi connectivity index (χ2n) is 9.47. The fourth-order valence-electron chi connectivity index (χ4n) is 4.91. The van der Waals surface area contributed by atoms with Crippen LogP contribution in [-0.2, 0) is 0 Å². The Bertz CT molecular complexity index is 1280. The Morgan fingerprint density at radius 1 is 0.737 bits per heavy atom. The van der Waals surface area contributed by atoms with Crippen LogP contribution in [0.1, 0.15) is 37.5 Å². The molecule has 3 aromatic rings. The number of hydrogen-bond acceptors (Lipinski definition) is 6. The van der Waals surface area contributed by atoms with E-state index in [0.29, 0.717) is 55.1 Å². The van der Waals surface area contributed by atoms with Crippen molar-refractivity contribution in [2.24, 2.45) is 0 Å². The van der Waals surface area contributed by atoms with Crippen LogP contribution in [0.25, 0.3) is 0 Å². The molecule has 0 bridgehead atoms. The lowest BCUT2D eigenvalue weighted by Crippen LogP contribution is -2.46. The van der Waals surface area contributed by atoms with Crippen LogP contribution in [0.3, 0.4) is 0 Å². The van der Waals surface area contributed by atoms with Gasteiger partial charge in [-0.05, 0) is 48.9 Å². The van der Waals surface area contributed by atoms with E-state index in [-0.39, 0.29) is 17.7 Å². The molecular formula is C29H32N6O3. The number of pyridine rings is 1. The maximum Gasteiger partial charge on any atom is 0.255 e. The highest BCUT2D eigenvalue weighted by Crippen LogP contribution is 2.30. The topological polar surface area (TPSA) is 97.9 Å². The molecule has 0 saturated carbocycles. The molecule has 3 amide bonds. The molecule has 0 aliphatic carbocycles. The first-order chi connectivity index (χ1) is 18.6. The number of benzene rings is 2. The van der Waals surface area contributed by atoms with E-state index in [1.54, 1.807) is 42.7 Å². The van der Waals surface area contributed by atoms with Gasteiger partial charge in [0, 0.05) is 75.9 Å². The molecule has 9 heteroatoms. The summed E-state index contributed by atoms with van der Waals surface area (Å²) in [5.41, 5.74) is 3.09. The van der Waals surface area contributed by atoms with Gasteiger partial charge in [-0.3, -0.25) is 19.4 Å². The summed E-state index contributed by atoms with van der Waals surface area (Å²) in [5.74, 6) is -0.311. The van der Waals surface area contributed by atoms with Crippen LogP contribution >= 0.6 is 0 Å². The Hall–Kier alpha value is -4.24. The predicted molar refractivity (Wildman–Crippen MR) is 147 cm³/mol. The molecule has 2 saturated heterocycles. The minimum absolute atomic E-state index is 0.0329. The number of rotatable bonds is 5. The highest BCUT2D eigenvalue weighted by molar-refractivity contribution is 6.07. The van der Waals surface area contributed by atoms with Gasteiger partial charge in [0.05, 0.1) is 16.9 Å². The number of nitrogens with zero attached hydrogens (tertiary/aromatic N) is 4. The average molecular weight is 513 g/mol. The third-order valence-corrected chi connectivity index (χ3v) is 6.96. The van der Waals surface area contributed by atoms with Gasteiger partial charge in [-0.1, -0.05) is 18.2 Å². The molecule has 0 spiro atoms. The Labute approximate surface area is 222 Å². The van der Waals surface area contributed by atoms with Gasteiger partial charge < -0.3 is 25.3 Å². The molecule has 38 heavy (non-hydrogen) atoms. The summed E-state index contributed by atoms with van der Waals surface area (Å²) < 4.78 is 0. The fraction of sp³-hybridized carbons (Fsp3) is 0.310. The Morgan fingerprint density at radius 2 is 1.47 bits per heavy atom. The first kappa shape index (κ1) is 25.4. The second-order valence-corrected chi connectivity index (χ2v) is 9.47. The molecule has 2 aromatic carbocycles. The fourth-order valence-corrected chi connectivity index (χ4v) is 4.91. The highest BCUT2D eigenvalue weighted by Gasteiger charge is 2.24. The van der Waals surface area contributed by atoms with Crippen LogP contribution < -0.4 is 15.5 Å². The van der Waals surface area contributed by atoms with Crippen LogP contribution in [0.4, 0.5) is 11.4 Å². The summed E-state index contributed by atoms with van der Waals surface area (Å²) in [6.07, 6.45) is 4.03. The van der Waals surface area contributed by atoms with Crippen molar-refractivity contribution < 1.29 is 14.4 Å². The van der Waals surface area contributed by atoms with Crippen molar-refractivity contribution in [2.75, 3.05) is 62.6 Å². The molecule has 0 atom stereocenters. The van der Waals surface area contributed by atoms with Crippen LogP contribution in [-0.4, -0.2) is 84.9 Å². The minimum atomic E-state index is -0.234. The zero-order valence-electron chi connectivity index (χ0n) is 21.3. The summed E-state index contributed by atoms with van der Waals surface area (Å²) in [5, 5.41) is 6.32. The van der Waals surface area contributed by atoms with Gasteiger partial charge in [0.2, 0.25) is 0 Å². The summed E-state index contributed by atoms with van der Waals surface area (Å²) in [4.78, 5) is 49.3. The number of carbonyl (C=O) groups excluding carboxylic acids is 3. The van der Waals surface area contributed by atoms with Crippen LogP contribution in [0.15, 0.2) is 73.1 Å². The Balaban J connectivity index is 1.39. The van der Waals surface area contributed by atoms with E-state index >= 15 is 0 Å². The van der Waals surface area contributed by atoms with E-state index in [9.17, 15) is 14.4 Å². The third kappa shape index (κ3) is 5.84. The summed E-state index contributed by atoms with van der Waals surface area (Å²) in [6.45, 7) is 5.34. The molecule has 3 heterocycles. The van der Waals surface area contributed by atoms with Gasteiger partial charge in [0.15, 0.2) is 0 Å². The number of aromatic nitrogens is 1. The van der Waals surface area contributed by atoms with Gasteiger partial charge >= 0.3 is 0 Å². The van der Waals surface area contributed by atoms with Crippen LogP contribution in [0.2, 0.25) is 0 Å². The smallest absolute Gasteiger partial charge is 0.255 e. The molecule has 2 aliphatic heterocycles.